The van der Waals surface area contributed by atoms with Gasteiger partial charge in [-0.1, -0.05) is 13.0 Å². The van der Waals surface area contributed by atoms with Gasteiger partial charge in [-0.3, -0.25) is 4.90 Å². The number of aromatic nitrogens is 1. The quantitative estimate of drug-likeness (QED) is 0.602. The average Bonchev–Trinajstić information content (AvgIpc) is 2.39. The molecular weight excluding hydrogens is 216 g/mol. The van der Waals surface area contributed by atoms with Gasteiger partial charge in [0, 0.05) is 19.6 Å². The summed E-state index contributed by atoms with van der Waals surface area (Å²) in [4.78, 5) is 6.79. The molecule has 0 radical (unpaired) electrons. The van der Waals surface area contributed by atoms with Crippen molar-refractivity contribution in [3.63, 3.8) is 0 Å². The van der Waals surface area contributed by atoms with Crippen molar-refractivity contribution in [2.45, 2.75) is 26.0 Å². The highest BCUT2D eigenvalue weighted by Gasteiger charge is 2.19. The van der Waals surface area contributed by atoms with E-state index < -0.39 is 0 Å². The molecule has 5 heteroatoms. The monoisotopic (exact) mass is 236 g/mol. The van der Waals surface area contributed by atoms with Crippen molar-refractivity contribution in [3.8, 4) is 0 Å². The molecule has 5 nitrogen and oxygen atoms in total. The maximum absolute atomic E-state index is 5.65. The molecule has 1 aliphatic rings. The van der Waals surface area contributed by atoms with Gasteiger partial charge in [0.15, 0.2) is 0 Å². The van der Waals surface area contributed by atoms with Gasteiger partial charge in [0.05, 0.1) is 18.4 Å². The lowest BCUT2D eigenvalue weighted by Crippen LogP contribution is -2.41. The van der Waals surface area contributed by atoms with E-state index in [0.717, 1.165) is 38.4 Å². The lowest BCUT2D eigenvalue weighted by molar-refractivity contribution is -0.0328. The Balaban J connectivity index is 1.95. The number of nitrogens with two attached hydrogens (primary N) is 1. The molecule has 0 saturated carbocycles. The molecule has 1 aliphatic heterocycles. The molecule has 2 rings (SSSR count). The maximum atomic E-state index is 5.65. The van der Waals surface area contributed by atoms with E-state index in [-0.39, 0.29) is 0 Å². The lowest BCUT2D eigenvalue weighted by Gasteiger charge is -2.32. The molecule has 3 N–H and O–H groups in total. The molecule has 1 fully saturated rings. The predicted molar refractivity (Wildman–Crippen MR) is 67.4 cm³/mol. The molecule has 94 valence electrons. The summed E-state index contributed by atoms with van der Waals surface area (Å²) in [5, 5.41) is 0. The minimum absolute atomic E-state index is 0.361. The molecule has 1 aromatic heterocycles. The van der Waals surface area contributed by atoms with Gasteiger partial charge >= 0.3 is 0 Å². The van der Waals surface area contributed by atoms with Crippen LogP contribution in [0.25, 0.3) is 0 Å². The van der Waals surface area contributed by atoms with Crippen LogP contribution in [0.3, 0.4) is 0 Å². The first kappa shape index (κ1) is 12.3. The number of hydrogen-bond acceptors (Lipinski definition) is 5. The Kier molecular flexibility index (Phi) is 4.30. The normalized spacial score (nSPS) is 21.4. The van der Waals surface area contributed by atoms with E-state index in [0.29, 0.717) is 11.9 Å². The van der Waals surface area contributed by atoms with Crippen LogP contribution in [-0.4, -0.2) is 35.7 Å². The zero-order valence-electron chi connectivity index (χ0n) is 10.2. The van der Waals surface area contributed by atoms with Crippen molar-refractivity contribution in [2.75, 3.05) is 25.1 Å². The summed E-state index contributed by atoms with van der Waals surface area (Å²) >= 11 is 0. The molecule has 17 heavy (non-hydrogen) atoms. The van der Waals surface area contributed by atoms with E-state index in [1.807, 2.05) is 18.2 Å². The summed E-state index contributed by atoms with van der Waals surface area (Å²) < 4.78 is 5.65. The number of pyridine rings is 1. The Bertz CT molecular complexity index is 358. The van der Waals surface area contributed by atoms with Crippen LogP contribution in [0.4, 0.5) is 5.82 Å². The van der Waals surface area contributed by atoms with Crippen LogP contribution < -0.4 is 11.3 Å². The summed E-state index contributed by atoms with van der Waals surface area (Å²) in [7, 11) is 0. The van der Waals surface area contributed by atoms with Gasteiger partial charge in [-0.2, -0.15) is 0 Å². The van der Waals surface area contributed by atoms with Crippen molar-refractivity contribution >= 4 is 5.82 Å². The van der Waals surface area contributed by atoms with Crippen LogP contribution >= 0.6 is 0 Å². The number of rotatable bonds is 4. The summed E-state index contributed by atoms with van der Waals surface area (Å²) in [6, 6.07) is 5.85. The lowest BCUT2D eigenvalue weighted by atomic mass is 10.2. The predicted octanol–water partition coefficient (Wildman–Crippen LogP) is 0.978. The second-order valence-corrected chi connectivity index (χ2v) is 4.29. The van der Waals surface area contributed by atoms with Crippen molar-refractivity contribution < 1.29 is 4.74 Å². The number of nitrogen functional groups attached to an aromatic ring is 1. The van der Waals surface area contributed by atoms with Crippen molar-refractivity contribution in [1.29, 1.82) is 0 Å². The average molecular weight is 236 g/mol. The fourth-order valence-corrected chi connectivity index (χ4v) is 2.05. The van der Waals surface area contributed by atoms with Crippen molar-refractivity contribution in [1.82, 2.24) is 9.88 Å². The van der Waals surface area contributed by atoms with E-state index in [2.05, 4.69) is 22.2 Å². The largest absolute Gasteiger partial charge is 0.376 e. The van der Waals surface area contributed by atoms with E-state index in [1.165, 1.54) is 0 Å². The van der Waals surface area contributed by atoms with E-state index in [9.17, 15) is 0 Å². The fraction of sp³-hybridized carbons (Fsp3) is 0.583. The third kappa shape index (κ3) is 3.39. The first-order valence-corrected chi connectivity index (χ1v) is 6.08. The molecule has 1 aromatic rings. The summed E-state index contributed by atoms with van der Waals surface area (Å²) in [5.74, 6) is 6.06. The Morgan fingerprint density at radius 3 is 3.24 bits per heavy atom. The molecule has 1 unspecified atom stereocenters. The second-order valence-electron chi connectivity index (χ2n) is 4.29. The van der Waals surface area contributed by atoms with Crippen molar-refractivity contribution in [3.05, 3.63) is 23.9 Å². The number of hydrazine groups is 1. The van der Waals surface area contributed by atoms with Crippen LogP contribution in [-0.2, 0) is 11.3 Å². The van der Waals surface area contributed by atoms with Gasteiger partial charge < -0.3 is 10.2 Å². The Hall–Kier alpha value is -1.17. The molecule has 0 aromatic carbocycles. The molecule has 2 heterocycles. The minimum Gasteiger partial charge on any atom is -0.376 e. The van der Waals surface area contributed by atoms with E-state index in [4.69, 9.17) is 10.6 Å². The van der Waals surface area contributed by atoms with Crippen molar-refractivity contribution in [2.24, 2.45) is 5.84 Å². The van der Waals surface area contributed by atoms with Crippen LogP contribution in [0.15, 0.2) is 18.2 Å². The molecule has 1 saturated heterocycles. The number of hydrogen-bond donors (Lipinski definition) is 2. The highest BCUT2D eigenvalue weighted by atomic mass is 16.5. The van der Waals surface area contributed by atoms with Gasteiger partial charge in [0.1, 0.15) is 5.82 Å². The Labute approximate surface area is 102 Å². The highest BCUT2D eigenvalue weighted by molar-refractivity contribution is 5.33. The molecule has 0 spiro atoms. The maximum Gasteiger partial charge on any atom is 0.140 e. The fourth-order valence-electron chi connectivity index (χ4n) is 2.05. The number of anilines is 1. The molecule has 0 aliphatic carbocycles. The van der Waals surface area contributed by atoms with Gasteiger partial charge in [-0.05, 0) is 18.6 Å². The second kappa shape index (κ2) is 5.95. The molecule has 0 bridgehead atoms. The standard InChI is InChI=1S/C12H20N4O/c1-2-11-9-16(6-7-17-11)8-10-4-3-5-12(14-10)15-13/h3-5,11H,2,6-9,13H2,1H3,(H,14,15). The van der Waals surface area contributed by atoms with Gasteiger partial charge in [0.2, 0.25) is 0 Å². The van der Waals surface area contributed by atoms with Gasteiger partial charge in [-0.15, -0.1) is 0 Å². The van der Waals surface area contributed by atoms with Crippen LogP contribution in [0, 0.1) is 0 Å². The minimum atomic E-state index is 0.361. The van der Waals surface area contributed by atoms with E-state index >= 15 is 0 Å². The van der Waals surface area contributed by atoms with Crippen LogP contribution in [0.2, 0.25) is 0 Å². The first-order valence-electron chi connectivity index (χ1n) is 6.08. The number of nitrogens with one attached hydrogen (secondary N) is 1. The topological polar surface area (TPSA) is 63.4 Å². The first-order chi connectivity index (χ1) is 8.31. The molecule has 1 atom stereocenters. The zero-order valence-corrected chi connectivity index (χ0v) is 10.2. The SMILES string of the molecule is CCC1CN(Cc2cccc(NN)n2)CCO1. The number of morpholine rings is 1. The molecule has 0 amide bonds. The zero-order chi connectivity index (χ0) is 12.1. The van der Waals surface area contributed by atoms with Gasteiger partial charge in [0.25, 0.3) is 0 Å². The Morgan fingerprint density at radius 2 is 2.47 bits per heavy atom. The highest BCUT2D eigenvalue weighted by Crippen LogP contribution is 2.12. The number of ether oxygens (including phenoxy) is 1. The van der Waals surface area contributed by atoms with E-state index in [1.54, 1.807) is 0 Å². The summed E-state index contributed by atoms with van der Waals surface area (Å²) in [6.07, 6.45) is 1.42. The molecular formula is C12H20N4O. The Morgan fingerprint density at radius 1 is 1.59 bits per heavy atom. The summed E-state index contributed by atoms with van der Waals surface area (Å²) in [6.45, 7) is 5.78. The van der Waals surface area contributed by atoms with Gasteiger partial charge in [-0.25, -0.2) is 10.8 Å². The summed E-state index contributed by atoms with van der Waals surface area (Å²) in [5.41, 5.74) is 3.61. The van der Waals surface area contributed by atoms with Crippen LogP contribution in [0.5, 0.6) is 0 Å². The number of nitrogens with zero attached hydrogens (tertiary/aromatic N) is 2. The third-order valence-corrected chi connectivity index (χ3v) is 3.02. The van der Waals surface area contributed by atoms with Crippen LogP contribution in [0.1, 0.15) is 19.0 Å². The smallest absolute Gasteiger partial charge is 0.140 e. The third-order valence-electron chi connectivity index (χ3n) is 3.02.